The fourth-order valence-electron chi connectivity index (χ4n) is 1.59. The molecule has 0 radical (unpaired) electrons. The molecule has 0 fully saturated rings. The lowest BCUT2D eigenvalue weighted by Crippen LogP contribution is -2.44. The number of carbonyl (C=O) groups is 2. The summed E-state index contributed by atoms with van der Waals surface area (Å²) in [6.45, 7) is 6.07. The second kappa shape index (κ2) is 8.84. The highest BCUT2D eigenvalue weighted by atomic mass is 16.4. The van der Waals surface area contributed by atoms with Gasteiger partial charge in [0.15, 0.2) is 0 Å². The quantitative estimate of drug-likeness (QED) is 0.611. The number of aliphatic carboxylic acids is 1. The maximum atomic E-state index is 11.5. The van der Waals surface area contributed by atoms with Crippen LogP contribution in [0.1, 0.15) is 46.5 Å². The van der Waals surface area contributed by atoms with E-state index in [1.165, 1.54) is 0 Å². The van der Waals surface area contributed by atoms with Gasteiger partial charge in [-0.2, -0.15) is 0 Å². The Morgan fingerprint density at radius 3 is 2.24 bits per heavy atom. The van der Waals surface area contributed by atoms with Gasteiger partial charge in [0.25, 0.3) is 0 Å². The van der Waals surface area contributed by atoms with E-state index in [0.29, 0.717) is 6.42 Å². The van der Waals surface area contributed by atoms with Crippen LogP contribution in [0.2, 0.25) is 0 Å². The minimum Gasteiger partial charge on any atom is -0.481 e. The molecule has 0 spiro atoms. The number of carboxylic acids is 1. The van der Waals surface area contributed by atoms with Crippen LogP contribution < -0.4 is 10.6 Å². The Morgan fingerprint density at radius 2 is 1.82 bits per heavy atom. The van der Waals surface area contributed by atoms with Gasteiger partial charge in [-0.05, 0) is 19.3 Å². The Morgan fingerprint density at radius 1 is 1.18 bits per heavy atom. The van der Waals surface area contributed by atoms with Gasteiger partial charge in [0, 0.05) is 12.6 Å². The van der Waals surface area contributed by atoms with E-state index in [1.807, 2.05) is 6.92 Å². The van der Waals surface area contributed by atoms with Crippen LogP contribution in [-0.2, 0) is 4.79 Å². The van der Waals surface area contributed by atoms with Crippen LogP contribution in [0.3, 0.4) is 0 Å². The number of carbonyl (C=O) groups excluding carboxylic acids is 1. The first kappa shape index (κ1) is 15.7. The number of hydrogen-bond acceptors (Lipinski definition) is 2. The fourth-order valence-corrected chi connectivity index (χ4v) is 1.59. The van der Waals surface area contributed by atoms with Crippen LogP contribution in [0.15, 0.2) is 0 Å². The van der Waals surface area contributed by atoms with E-state index >= 15 is 0 Å². The van der Waals surface area contributed by atoms with Crippen molar-refractivity contribution >= 4 is 12.0 Å². The van der Waals surface area contributed by atoms with Crippen molar-refractivity contribution in [1.82, 2.24) is 10.6 Å². The third kappa shape index (κ3) is 6.81. The van der Waals surface area contributed by atoms with Crippen molar-refractivity contribution in [2.75, 3.05) is 6.54 Å². The maximum Gasteiger partial charge on any atom is 0.315 e. The Hall–Kier alpha value is -1.26. The van der Waals surface area contributed by atoms with E-state index in [2.05, 4.69) is 17.6 Å². The molecule has 0 aliphatic heterocycles. The first-order chi connectivity index (χ1) is 8.04. The molecule has 5 heteroatoms. The molecule has 2 atom stereocenters. The predicted molar refractivity (Wildman–Crippen MR) is 66.9 cm³/mol. The topological polar surface area (TPSA) is 78.4 Å². The lowest BCUT2D eigenvalue weighted by Gasteiger charge is -2.17. The summed E-state index contributed by atoms with van der Waals surface area (Å²) in [5.74, 6) is -1.37. The first-order valence-corrected chi connectivity index (χ1v) is 6.32. The third-order valence-electron chi connectivity index (χ3n) is 2.82. The monoisotopic (exact) mass is 244 g/mol. The van der Waals surface area contributed by atoms with E-state index in [-0.39, 0.29) is 18.6 Å². The zero-order chi connectivity index (χ0) is 13.3. The molecule has 5 nitrogen and oxygen atoms in total. The van der Waals surface area contributed by atoms with Gasteiger partial charge in [-0.15, -0.1) is 0 Å². The van der Waals surface area contributed by atoms with E-state index in [4.69, 9.17) is 5.11 Å². The number of amides is 2. The zero-order valence-corrected chi connectivity index (χ0v) is 11.0. The smallest absolute Gasteiger partial charge is 0.315 e. The normalized spacial score (nSPS) is 13.8. The largest absolute Gasteiger partial charge is 0.481 e. The average Bonchev–Trinajstić information content (AvgIpc) is 2.28. The molecule has 0 aliphatic rings. The second-order valence-corrected chi connectivity index (χ2v) is 4.19. The van der Waals surface area contributed by atoms with Crippen molar-refractivity contribution in [1.29, 1.82) is 0 Å². The van der Waals surface area contributed by atoms with Gasteiger partial charge in [0.05, 0.1) is 5.92 Å². The molecular weight excluding hydrogens is 220 g/mol. The molecule has 0 rings (SSSR count). The Balaban J connectivity index is 3.96. The minimum absolute atomic E-state index is 0.171. The second-order valence-electron chi connectivity index (χ2n) is 4.19. The maximum absolute atomic E-state index is 11.5. The van der Waals surface area contributed by atoms with Gasteiger partial charge in [0.2, 0.25) is 0 Å². The van der Waals surface area contributed by atoms with E-state index in [1.54, 1.807) is 6.92 Å². The number of carboxylic acid groups (broad SMARTS) is 1. The highest BCUT2D eigenvalue weighted by Crippen LogP contribution is 2.02. The predicted octanol–water partition coefficient (Wildman–Crippen LogP) is 1.98. The summed E-state index contributed by atoms with van der Waals surface area (Å²) in [4.78, 5) is 22.3. The fraction of sp³-hybridized carbons (Fsp3) is 0.833. The molecule has 0 saturated heterocycles. The molecule has 0 bridgehead atoms. The third-order valence-corrected chi connectivity index (χ3v) is 2.82. The van der Waals surface area contributed by atoms with Gasteiger partial charge < -0.3 is 15.7 Å². The lowest BCUT2D eigenvalue weighted by atomic mass is 10.1. The summed E-state index contributed by atoms with van der Waals surface area (Å²) < 4.78 is 0. The highest BCUT2D eigenvalue weighted by molar-refractivity contribution is 5.76. The number of hydrogen-bond donors (Lipinski definition) is 3. The Labute approximate surface area is 103 Å². The summed E-state index contributed by atoms with van der Waals surface area (Å²) in [6, 6.07) is -0.102. The summed E-state index contributed by atoms with van der Waals surface area (Å²) in [6.07, 6.45) is 3.37. The summed E-state index contributed by atoms with van der Waals surface area (Å²) in [7, 11) is 0. The Kier molecular flexibility index (Phi) is 8.19. The molecule has 0 saturated carbocycles. The molecule has 0 aromatic rings. The van der Waals surface area contributed by atoms with E-state index in [0.717, 1.165) is 19.3 Å². The standard InChI is InChI=1S/C12H24N2O3/c1-4-7-10(6-3)14-12(17)13-8-9(5-2)11(15)16/h9-10H,4-8H2,1-3H3,(H,15,16)(H2,13,14,17). The van der Waals surface area contributed by atoms with Crippen molar-refractivity contribution in [3.8, 4) is 0 Å². The van der Waals surface area contributed by atoms with Crippen LogP contribution in [0.4, 0.5) is 4.79 Å². The van der Waals surface area contributed by atoms with E-state index in [9.17, 15) is 9.59 Å². The molecule has 0 aromatic carbocycles. The van der Waals surface area contributed by atoms with Gasteiger partial charge >= 0.3 is 12.0 Å². The summed E-state index contributed by atoms with van der Waals surface area (Å²) in [5, 5.41) is 14.3. The highest BCUT2D eigenvalue weighted by Gasteiger charge is 2.16. The lowest BCUT2D eigenvalue weighted by molar-refractivity contribution is -0.141. The van der Waals surface area contributed by atoms with Crippen LogP contribution in [-0.4, -0.2) is 29.7 Å². The van der Waals surface area contributed by atoms with Crippen LogP contribution in [0.25, 0.3) is 0 Å². The van der Waals surface area contributed by atoms with Crippen molar-refractivity contribution in [3.63, 3.8) is 0 Å². The van der Waals surface area contributed by atoms with Crippen molar-refractivity contribution in [3.05, 3.63) is 0 Å². The number of rotatable bonds is 8. The number of nitrogens with one attached hydrogen (secondary N) is 2. The van der Waals surface area contributed by atoms with Crippen LogP contribution in [0, 0.1) is 5.92 Å². The van der Waals surface area contributed by atoms with Gasteiger partial charge in [0.1, 0.15) is 0 Å². The molecule has 0 aromatic heterocycles. The summed E-state index contributed by atoms with van der Waals surface area (Å²) >= 11 is 0. The zero-order valence-electron chi connectivity index (χ0n) is 11.0. The summed E-state index contributed by atoms with van der Waals surface area (Å²) in [5.41, 5.74) is 0. The molecule has 100 valence electrons. The molecule has 0 heterocycles. The van der Waals surface area contributed by atoms with Gasteiger partial charge in [-0.1, -0.05) is 27.2 Å². The molecule has 2 unspecified atom stereocenters. The minimum atomic E-state index is -0.867. The van der Waals surface area contributed by atoms with Crippen LogP contribution in [0.5, 0.6) is 0 Å². The average molecular weight is 244 g/mol. The van der Waals surface area contributed by atoms with Crippen molar-refractivity contribution < 1.29 is 14.7 Å². The molecule has 0 aliphatic carbocycles. The molecule has 3 N–H and O–H groups in total. The Bertz CT molecular complexity index is 244. The van der Waals surface area contributed by atoms with Gasteiger partial charge in [-0.25, -0.2) is 4.79 Å². The SMILES string of the molecule is CCCC(CC)NC(=O)NCC(CC)C(=O)O. The molecular formula is C12H24N2O3. The number of urea groups is 1. The first-order valence-electron chi connectivity index (χ1n) is 6.32. The van der Waals surface area contributed by atoms with Crippen molar-refractivity contribution in [2.24, 2.45) is 5.92 Å². The van der Waals surface area contributed by atoms with E-state index < -0.39 is 11.9 Å². The molecule has 17 heavy (non-hydrogen) atoms. The molecule has 2 amide bonds. The van der Waals surface area contributed by atoms with Gasteiger partial charge in [-0.3, -0.25) is 4.79 Å². The van der Waals surface area contributed by atoms with Crippen molar-refractivity contribution in [2.45, 2.75) is 52.5 Å². The van der Waals surface area contributed by atoms with Crippen LogP contribution >= 0.6 is 0 Å².